The van der Waals surface area contributed by atoms with Crippen molar-refractivity contribution < 1.29 is 4.74 Å². The summed E-state index contributed by atoms with van der Waals surface area (Å²) in [5.74, 6) is 1.04. The van der Waals surface area contributed by atoms with Crippen LogP contribution in [0.3, 0.4) is 0 Å². The van der Waals surface area contributed by atoms with Crippen LogP contribution in [-0.4, -0.2) is 31.7 Å². The summed E-state index contributed by atoms with van der Waals surface area (Å²) in [6.45, 7) is 0. The van der Waals surface area contributed by atoms with E-state index in [-0.39, 0.29) is 0 Å². The van der Waals surface area contributed by atoms with Gasteiger partial charge in [0.05, 0.1) is 25.1 Å². The summed E-state index contributed by atoms with van der Waals surface area (Å²) in [6, 6.07) is 3.65. The highest BCUT2D eigenvalue weighted by Gasteiger charge is 2.15. The molecule has 0 radical (unpaired) electrons. The van der Waals surface area contributed by atoms with Gasteiger partial charge in [-0.1, -0.05) is 11.6 Å². The van der Waals surface area contributed by atoms with E-state index >= 15 is 0 Å². The van der Waals surface area contributed by atoms with Gasteiger partial charge in [-0.2, -0.15) is 0 Å². The molecule has 0 aliphatic rings. The van der Waals surface area contributed by atoms with Crippen molar-refractivity contribution in [2.45, 2.75) is 0 Å². The maximum Gasteiger partial charge on any atom is 0.224 e. The molecular formula is C11H8ClN5O. The lowest BCUT2D eigenvalue weighted by molar-refractivity contribution is 0.399. The molecule has 0 N–H and O–H groups in total. The third-order valence-electron chi connectivity index (χ3n) is 2.48. The molecule has 3 aromatic heterocycles. The van der Waals surface area contributed by atoms with E-state index < -0.39 is 0 Å². The lowest BCUT2D eigenvalue weighted by Crippen LogP contribution is -1.96. The number of hydrogen-bond donors (Lipinski definition) is 0. The van der Waals surface area contributed by atoms with E-state index in [9.17, 15) is 0 Å². The minimum Gasteiger partial charge on any atom is -0.480 e. The van der Waals surface area contributed by atoms with Crippen molar-refractivity contribution in [2.75, 3.05) is 7.11 Å². The van der Waals surface area contributed by atoms with Crippen molar-refractivity contribution in [3.05, 3.63) is 35.9 Å². The minimum atomic E-state index is 0.429. The van der Waals surface area contributed by atoms with Crippen LogP contribution >= 0.6 is 11.6 Å². The molecule has 18 heavy (non-hydrogen) atoms. The minimum absolute atomic E-state index is 0.429. The molecule has 0 saturated carbocycles. The molecule has 0 aliphatic carbocycles. The van der Waals surface area contributed by atoms with Gasteiger partial charge in [0.1, 0.15) is 5.15 Å². The van der Waals surface area contributed by atoms with Crippen molar-refractivity contribution in [1.29, 1.82) is 0 Å². The van der Waals surface area contributed by atoms with Gasteiger partial charge >= 0.3 is 0 Å². The van der Waals surface area contributed by atoms with Crippen LogP contribution in [0.1, 0.15) is 0 Å². The highest BCUT2D eigenvalue weighted by atomic mass is 35.5. The third kappa shape index (κ3) is 1.58. The van der Waals surface area contributed by atoms with Crippen LogP contribution in [0.5, 0.6) is 5.88 Å². The van der Waals surface area contributed by atoms with Crippen LogP contribution in [0.25, 0.3) is 17.0 Å². The Bertz CT molecular complexity index is 711. The van der Waals surface area contributed by atoms with Crippen LogP contribution in [0.4, 0.5) is 0 Å². The zero-order valence-corrected chi connectivity index (χ0v) is 10.2. The van der Waals surface area contributed by atoms with E-state index in [4.69, 9.17) is 16.3 Å². The molecule has 0 aliphatic heterocycles. The fourth-order valence-corrected chi connectivity index (χ4v) is 1.93. The van der Waals surface area contributed by atoms with Crippen molar-refractivity contribution in [2.24, 2.45) is 0 Å². The van der Waals surface area contributed by atoms with E-state index in [0.29, 0.717) is 22.5 Å². The first-order chi connectivity index (χ1) is 8.81. The summed E-state index contributed by atoms with van der Waals surface area (Å²) < 4.78 is 6.90. The van der Waals surface area contributed by atoms with Gasteiger partial charge in [0, 0.05) is 6.20 Å². The predicted octanol–water partition coefficient (Wildman–Crippen LogP) is 1.85. The zero-order valence-electron chi connectivity index (χ0n) is 9.41. The van der Waals surface area contributed by atoms with E-state index in [1.165, 1.54) is 6.20 Å². The summed E-state index contributed by atoms with van der Waals surface area (Å²) in [5.41, 5.74) is 1.30. The molecule has 0 unspecified atom stereocenters. The van der Waals surface area contributed by atoms with Gasteiger partial charge in [0.2, 0.25) is 5.88 Å². The number of nitrogens with zero attached hydrogens (tertiary/aromatic N) is 5. The molecule has 0 saturated heterocycles. The monoisotopic (exact) mass is 261 g/mol. The van der Waals surface area contributed by atoms with Gasteiger partial charge in [0.25, 0.3) is 0 Å². The van der Waals surface area contributed by atoms with Gasteiger partial charge in [-0.15, -0.1) is 10.2 Å². The normalized spacial score (nSPS) is 10.8. The van der Waals surface area contributed by atoms with E-state index in [1.54, 1.807) is 30.0 Å². The fourth-order valence-electron chi connectivity index (χ4n) is 1.71. The molecule has 0 spiro atoms. The van der Waals surface area contributed by atoms with Gasteiger partial charge in [-0.3, -0.25) is 9.38 Å². The Morgan fingerprint density at radius 2 is 2.17 bits per heavy atom. The number of ether oxygens (including phenoxy) is 1. The van der Waals surface area contributed by atoms with E-state index in [2.05, 4.69) is 20.2 Å². The molecule has 3 rings (SSSR count). The number of aromatic nitrogens is 5. The number of halogens is 1. The molecule has 3 aromatic rings. The molecule has 6 nitrogen and oxygen atoms in total. The number of fused-ring (bicyclic) bond motifs is 1. The average molecular weight is 262 g/mol. The molecule has 0 bridgehead atoms. The quantitative estimate of drug-likeness (QED) is 0.704. The first-order valence-corrected chi connectivity index (χ1v) is 5.53. The summed E-state index contributed by atoms with van der Waals surface area (Å²) in [5, 5.41) is 8.55. The maximum atomic E-state index is 6.11. The smallest absolute Gasteiger partial charge is 0.224 e. The topological polar surface area (TPSA) is 65.2 Å². The second-order valence-corrected chi connectivity index (χ2v) is 3.89. The Morgan fingerprint density at radius 3 is 3.00 bits per heavy atom. The Labute approximate surface area is 107 Å². The van der Waals surface area contributed by atoms with Crippen molar-refractivity contribution in [3.8, 4) is 17.3 Å². The average Bonchev–Trinajstić information content (AvgIpc) is 2.84. The number of hydrogen-bond acceptors (Lipinski definition) is 5. The second kappa shape index (κ2) is 4.23. The maximum absolute atomic E-state index is 6.11. The van der Waals surface area contributed by atoms with Crippen LogP contribution in [0.2, 0.25) is 5.15 Å². The standard InChI is InChI=1S/C11H8ClN5O/c1-18-11-7(3-2-4-14-11)10-16-15-9-6-13-5-8(12)17(9)10/h2-6H,1H3. The Morgan fingerprint density at radius 1 is 1.28 bits per heavy atom. The Hall–Kier alpha value is -2.21. The molecule has 3 heterocycles. The van der Waals surface area contributed by atoms with Crippen LogP contribution in [0.15, 0.2) is 30.7 Å². The SMILES string of the molecule is COc1ncccc1-c1nnc2cncc(Cl)n12. The van der Waals surface area contributed by atoms with Crippen molar-refractivity contribution in [1.82, 2.24) is 24.6 Å². The highest BCUT2D eigenvalue weighted by molar-refractivity contribution is 6.29. The first kappa shape index (κ1) is 10.9. The fraction of sp³-hybridized carbons (Fsp3) is 0.0909. The first-order valence-electron chi connectivity index (χ1n) is 5.15. The zero-order chi connectivity index (χ0) is 12.5. The largest absolute Gasteiger partial charge is 0.480 e. The van der Waals surface area contributed by atoms with Crippen LogP contribution in [0, 0.1) is 0 Å². The molecule has 0 amide bonds. The molecular weight excluding hydrogens is 254 g/mol. The summed E-state index contributed by atoms with van der Waals surface area (Å²) >= 11 is 6.11. The van der Waals surface area contributed by atoms with Gasteiger partial charge < -0.3 is 4.74 Å². The van der Waals surface area contributed by atoms with Crippen molar-refractivity contribution >= 4 is 17.2 Å². The predicted molar refractivity (Wildman–Crippen MR) is 65.6 cm³/mol. The Balaban J connectivity index is 2.32. The lowest BCUT2D eigenvalue weighted by atomic mass is 10.2. The molecule has 90 valence electrons. The van der Waals surface area contributed by atoms with E-state index in [0.717, 1.165) is 5.56 Å². The lowest BCUT2D eigenvalue weighted by Gasteiger charge is -2.05. The highest BCUT2D eigenvalue weighted by Crippen LogP contribution is 2.27. The third-order valence-corrected chi connectivity index (χ3v) is 2.74. The van der Waals surface area contributed by atoms with Crippen molar-refractivity contribution in [3.63, 3.8) is 0 Å². The van der Waals surface area contributed by atoms with E-state index in [1.807, 2.05) is 6.07 Å². The summed E-state index contributed by atoms with van der Waals surface area (Å²) in [6.07, 6.45) is 4.77. The van der Waals surface area contributed by atoms with Crippen LogP contribution in [-0.2, 0) is 0 Å². The number of methoxy groups -OCH3 is 1. The number of pyridine rings is 1. The summed E-state index contributed by atoms with van der Waals surface area (Å²) in [7, 11) is 1.55. The molecule has 0 aromatic carbocycles. The molecule has 0 fully saturated rings. The van der Waals surface area contributed by atoms with Gasteiger partial charge in [-0.25, -0.2) is 4.98 Å². The van der Waals surface area contributed by atoms with Gasteiger partial charge in [0.15, 0.2) is 11.5 Å². The summed E-state index contributed by atoms with van der Waals surface area (Å²) in [4.78, 5) is 8.09. The van der Waals surface area contributed by atoms with Crippen LogP contribution < -0.4 is 4.74 Å². The Kier molecular flexibility index (Phi) is 2.56. The second-order valence-electron chi connectivity index (χ2n) is 3.51. The molecule has 0 atom stereocenters. The molecule has 7 heteroatoms. The number of rotatable bonds is 2. The van der Waals surface area contributed by atoms with Gasteiger partial charge in [-0.05, 0) is 12.1 Å².